The number of rotatable bonds is 4. The summed E-state index contributed by atoms with van der Waals surface area (Å²) in [6, 6.07) is 4.43. The molecule has 0 radical (unpaired) electrons. The van der Waals surface area contributed by atoms with Gasteiger partial charge in [-0.2, -0.15) is 0 Å². The van der Waals surface area contributed by atoms with Crippen LogP contribution in [0.2, 0.25) is 0 Å². The van der Waals surface area contributed by atoms with Gasteiger partial charge in [0.15, 0.2) is 17.0 Å². The van der Waals surface area contributed by atoms with Gasteiger partial charge < -0.3 is 10.2 Å². The van der Waals surface area contributed by atoms with E-state index < -0.39 is 23.6 Å². The molecule has 1 aromatic carbocycles. The van der Waals surface area contributed by atoms with Crippen molar-refractivity contribution < 1.29 is 18.4 Å². The lowest BCUT2D eigenvalue weighted by Crippen LogP contribution is -2.28. The summed E-state index contributed by atoms with van der Waals surface area (Å²) in [7, 11) is 1.64. The molecule has 1 saturated heterocycles. The molecule has 3 heterocycles. The maximum atomic E-state index is 14.2. The number of hydrogen-bond donors (Lipinski definition) is 1. The van der Waals surface area contributed by atoms with E-state index in [1.807, 2.05) is 0 Å². The zero-order valence-electron chi connectivity index (χ0n) is 14.5. The fraction of sp³-hybridized carbons (Fsp3) is 0.278. The number of anilines is 1. The Balaban J connectivity index is 1.64. The minimum absolute atomic E-state index is 0.173. The number of carbonyl (C=O) groups is 1. The Morgan fingerprint density at radius 2 is 2.22 bits per heavy atom. The lowest BCUT2D eigenvalue weighted by Gasteiger charge is -2.23. The molecule has 4 rings (SSSR count). The molecule has 140 valence electrons. The Morgan fingerprint density at radius 3 is 3.04 bits per heavy atom. The van der Waals surface area contributed by atoms with Gasteiger partial charge in [0, 0.05) is 31.5 Å². The highest BCUT2D eigenvalue weighted by molar-refractivity contribution is 6.01. The highest BCUT2D eigenvalue weighted by Gasteiger charge is 2.33. The first-order valence-corrected chi connectivity index (χ1v) is 8.53. The van der Waals surface area contributed by atoms with Crippen LogP contribution < -0.4 is 5.32 Å². The molecular formula is C18H17F2N5O2. The van der Waals surface area contributed by atoms with Gasteiger partial charge in [0.2, 0.25) is 0 Å². The molecule has 1 aliphatic heterocycles. The van der Waals surface area contributed by atoms with Crippen molar-refractivity contribution in [2.24, 2.45) is 0 Å². The average molecular weight is 373 g/mol. The maximum absolute atomic E-state index is 14.2. The molecule has 0 bridgehead atoms. The van der Waals surface area contributed by atoms with Crippen LogP contribution in [0.4, 0.5) is 14.6 Å². The monoisotopic (exact) mass is 373 g/mol. The van der Waals surface area contributed by atoms with Crippen molar-refractivity contribution in [3.05, 3.63) is 59.4 Å². The van der Waals surface area contributed by atoms with Crippen LogP contribution in [0.1, 0.15) is 34.8 Å². The van der Waals surface area contributed by atoms with Gasteiger partial charge in [-0.15, -0.1) is 10.2 Å². The molecule has 7 nitrogen and oxygen atoms in total. The van der Waals surface area contributed by atoms with E-state index in [2.05, 4.69) is 15.4 Å². The quantitative estimate of drug-likeness (QED) is 0.758. The number of fused-ring (bicyclic) bond motifs is 1. The summed E-state index contributed by atoms with van der Waals surface area (Å²) in [5.41, 5.74) is 0.704. The topological polar surface area (TPSA) is 71.8 Å². The van der Waals surface area contributed by atoms with Crippen molar-refractivity contribution in [3.8, 4) is 0 Å². The number of aromatic nitrogens is 3. The van der Waals surface area contributed by atoms with Crippen LogP contribution in [0.3, 0.4) is 0 Å². The standard InChI is InChI=1S/C18H17F2N5O2/c1-21-16-15(17-22-7-3-8-24(17)23-16)18(26)27-25-9-2-4-14(25)12-10-11(19)5-6-13(12)20/h3,5-8,10,14H,2,4,9H2,1H3,(H,21,23)/t14-/m1/s1. The summed E-state index contributed by atoms with van der Waals surface area (Å²) < 4.78 is 29.2. The molecule has 27 heavy (non-hydrogen) atoms. The minimum atomic E-state index is -0.656. The first kappa shape index (κ1) is 17.3. The Kier molecular flexibility index (Phi) is 4.44. The van der Waals surface area contributed by atoms with Crippen molar-refractivity contribution in [1.82, 2.24) is 19.7 Å². The molecular weight excluding hydrogens is 356 g/mol. The number of hydrogen-bond acceptors (Lipinski definition) is 6. The van der Waals surface area contributed by atoms with Gasteiger partial charge in [0.1, 0.15) is 11.6 Å². The number of benzene rings is 1. The summed E-state index contributed by atoms with van der Waals surface area (Å²) in [5.74, 6) is -1.39. The van der Waals surface area contributed by atoms with Crippen LogP contribution in [-0.2, 0) is 4.84 Å². The minimum Gasteiger partial charge on any atom is -0.371 e. The molecule has 1 atom stereocenters. The second-order valence-electron chi connectivity index (χ2n) is 6.20. The Hall–Kier alpha value is -3.07. The summed E-state index contributed by atoms with van der Waals surface area (Å²) in [5, 5.41) is 8.49. The third-order valence-electron chi connectivity index (χ3n) is 4.56. The molecule has 2 aromatic heterocycles. The predicted octanol–water partition coefficient (Wildman–Crippen LogP) is 2.96. The average Bonchev–Trinajstić information content (AvgIpc) is 3.27. The highest BCUT2D eigenvalue weighted by atomic mass is 19.1. The van der Waals surface area contributed by atoms with Crippen molar-refractivity contribution in [2.45, 2.75) is 18.9 Å². The van der Waals surface area contributed by atoms with Gasteiger partial charge >= 0.3 is 5.97 Å². The summed E-state index contributed by atoms with van der Waals surface area (Å²) in [6.07, 6.45) is 4.47. The largest absolute Gasteiger partial charge is 0.371 e. The maximum Gasteiger partial charge on any atom is 0.364 e. The summed E-state index contributed by atoms with van der Waals surface area (Å²) in [4.78, 5) is 22.5. The van der Waals surface area contributed by atoms with Crippen LogP contribution in [0.15, 0.2) is 36.7 Å². The van der Waals surface area contributed by atoms with Gasteiger partial charge in [0.25, 0.3) is 0 Å². The molecule has 3 aromatic rings. The Morgan fingerprint density at radius 1 is 1.37 bits per heavy atom. The van der Waals surface area contributed by atoms with Crippen LogP contribution in [-0.4, -0.2) is 39.2 Å². The van der Waals surface area contributed by atoms with E-state index in [0.29, 0.717) is 30.9 Å². The second kappa shape index (κ2) is 6.92. The highest BCUT2D eigenvalue weighted by Crippen LogP contribution is 2.34. The van der Waals surface area contributed by atoms with E-state index in [4.69, 9.17) is 4.84 Å². The number of halogens is 2. The lowest BCUT2D eigenvalue weighted by atomic mass is 10.0. The van der Waals surface area contributed by atoms with E-state index in [0.717, 1.165) is 18.2 Å². The van der Waals surface area contributed by atoms with Crippen LogP contribution >= 0.6 is 0 Å². The number of nitrogens with one attached hydrogen (secondary N) is 1. The SMILES string of the molecule is CNc1nn2cccnc2c1C(=O)ON1CCC[C@@H]1c1cc(F)ccc1F. The molecule has 1 aliphatic rings. The van der Waals surface area contributed by atoms with Crippen molar-refractivity contribution in [3.63, 3.8) is 0 Å². The normalized spacial score (nSPS) is 17.4. The van der Waals surface area contributed by atoms with Gasteiger partial charge in [-0.3, -0.25) is 0 Å². The second-order valence-corrected chi connectivity index (χ2v) is 6.20. The Labute approximate surface area is 153 Å². The molecule has 0 aliphatic carbocycles. The zero-order chi connectivity index (χ0) is 19.0. The van der Waals surface area contributed by atoms with Crippen LogP contribution in [0, 0.1) is 11.6 Å². The third kappa shape index (κ3) is 3.10. The van der Waals surface area contributed by atoms with E-state index in [1.54, 1.807) is 25.5 Å². The van der Waals surface area contributed by atoms with Crippen molar-refractivity contribution in [2.75, 3.05) is 18.9 Å². The molecule has 0 spiro atoms. The molecule has 9 heteroatoms. The van der Waals surface area contributed by atoms with E-state index in [-0.39, 0.29) is 11.1 Å². The zero-order valence-corrected chi connectivity index (χ0v) is 14.5. The smallest absolute Gasteiger partial charge is 0.364 e. The van der Waals surface area contributed by atoms with Gasteiger partial charge in [-0.05, 0) is 37.1 Å². The van der Waals surface area contributed by atoms with E-state index >= 15 is 0 Å². The molecule has 1 N–H and O–H groups in total. The number of carbonyl (C=O) groups excluding carboxylic acids is 1. The van der Waals surface area contributed by atoms with Crippen LogP contribution in [0.5, 0.6) is 0 Å². The molecule has 0 unspecified atom stereocenters. The van der Waals surface area contributed by atoms with Crippen molar-refractivity contribution >= 4 is 17.4 Å². The Bertz CT molecular complexity index is 1010. The summed E-state index contributed by atoms with van der Waals surface area (Å²) in [6.45, 7) is 0.424. The van der Waals surface area contributed by atoms with E-state index in [9.17, 15) is 13.6 Å². The fourth-order valence-corrected chi connectivity index (χ4v) is 3.33. The van der Waals surface area contributed by atoms with Crippen LogP contribution in [0.25, 0.3) is 5.65 Å². The predicted molar refractivity (Wildman–Crippen MR) is 93.0 cm³/mol. The summed E-state index contributed by atoms with van der Waals surface area (Å²) >= 11 is 0. The van der Waals surface area contributed by atoms with Gasteiger partial charge in [0.05, 0.1) is 6.04 Å². The first-order valence-electron chi connectivity index (χ1n) is 8.53. The number of hydroxylamine groups is 2. The number of nitrogens with zero attached hydrogens (tertiary/aromatic N) is 4. The third-order valence-corrected chi connectivity index (χ3v) is 4.56. The molecule has 0 saturated carbocycles. The molecule has 0 amide bonds. The van der Waals surface area contributed by atoms with Gasteiger partial charge in [-0.1, -0.05) is 0 Å². The van der Waals surface area contributed by atoms with Gasteiger partial charge in [-0.25, -0.2) is 23.1 Å². The lowest BCUT2D eigenvalue weighted by molar-refractivity contribution is -0.120. The first-order chi connectivity index (χ1) is 13.1. The molecule has 1 fully saturated rings. The fourth-order valence-electron chi connectivity index (χ4n) is 3.33. The van der Waals surface area contributed by atoms with E-state index in [1.165, 1.54) is 9.58 Å². The van der Waals surface area contributed by atoms with Crippen molar-refractivity contribution in [1.29, 1.82) is 0 Å².